The van der Waals surface area contributed by atoms with Crippen LogP contribution in [0.4, 0.5) is 0 Å². The van der Waals surface area contributed by atoms with E-state index < -0.39 is 0 Å². The van der Waals surface area contributed by atoms with E-state index in [1.54, 1.807) is 0 Å². The average molecular weight is 387 g/mol. The summed E-state index contributed by atoms with van der Waals surface area (Å²) >= 11 is 4.88. The van der Waals surface area contributed by atoms with Gasteiger partial charge in [-0.25, -0.2) is 0 Å². The third-order valence-electron chi connectivity index (χ3n) is 4.30. The number of ether oxygens (including phenoxy) is 1. The quantitative estimate of drug-likeness (QED) is 0.144. The molecule has 1 nitrogen and oxygen atoms in total. The van der Waals surface area contributed by atoms with Crippen LogP contribution in [0.5, 0.6) is 0 Å². The molecule has 0 amide bonds. The molecule has 0 aromatic carbocycles. The zero-order chi connectivity index (χ0) is 16.3. The Balaban J connectivity index is 0. The van der Waals surface area contributed by atoms with Crippen LogP contribution < -0.4 is 0 Å². The second kappa shape index (κ2) is 22.4. The summed E-state index contributed by atoms with van der Waals surface area (Å²) in [6, 6.07) is 0. The molecule has 23 heavy (non-hydrogen) atoms. The molecule has 0 radical (unpaired) electrons. The van der Waals surface area contributed by atoms with Gasteiger partial charge >= 0.3 is 0 Å². The van der Waals surface area contributed by atoms with Gasteiger partial charge in [0.2, 0.25) is 0 Å². The molecule has 0 aliphatic carbocycles. The molecule has 0 aliphatic heterocycles. The van der Waals surface area contributed by atoms with Crippen LogP contribution in [0, 0.1) is 0 Å². The second-order valence-electron chi connectivity index (χ2n) is 6.64. The third-order valence-corrected chi connectivity index (χ3v) is 4.42. The van der Waals surface area contributed by atoms with Crippen LogP contribution in [0.25, 0.3) is 0 Å². The van der Waals surface area contributed by atoms with E-state index in [-0.39, 0.29) is 16.5 Å². The third kappa shape index (κ3) is 24.8. The summed E-state index contributed by atoms with van der Waals surface area (Å²) in [5.74, 6) is 0. The fourth-order valence-electron chi connectivity index (χ4n) is 2.87. The monoisotopic (exact) mass is 386 g/mol. The normalized spacial score (nSPS) is 10.3. The van der Waals surface area contributed by atoms with Gasteiger partial charge in [-0.05, 0) is 18.6 Å². The van der Waals surface area contributed by atoms with Crippen molar-refractivity contribution in [2.45, 2.75) is 117 Å². The molecule has 0 spiro atoms. The van der Waals surface area contributed by atoms with E-state index >= 15 is 0 Å². The number of hydrogen-bond donors (Lipinski definition) is 0. The first-order valence-corrected chi connectivity index (χ1v) is 10.3. The average Bonchev–Trinajstić information content (AvgIpc) is 2.50. The minimum atomic E-state index is 0. The standard InChI is InChI=1S/C20H40OS.Ni/c1-3-4-5-6-7-8-9-10-11-12-13-14-15-16-17-18-19-21-20(2)22;/h3-19H2,1-2H3;. The van der Waals surface area contributed by atoms with Gasteiger partial charge in [0.05, 0.1) is 6.61 Å². The molecule has 0 aromatic rings. The fourth-order valence-corrected chi connectivity index (χ4v) is 2.95. The van der Waals surface area contributed by atoms with Gasteiger partial charge in [0, 0.05) is 23.4 Å². The molecule has 3 heteroatoms. The maximum Gasteiger partial charge on any atom is 0.156 e. The van der Waals surface area contributed by atoms with Crippen molar-refractivity contribution in [3.8, 4) is 0 Å². The Kier molecular flexibility index (Phi) is 24.9. The molecule has 0 rings (SSSR count). The summed E-state index contributed by atoms with van der Waals surface area (Å²) in [6.45, 7) is 4.95. The van der Waals surface area contributed by atoms with E-state index in [0.29, 0.717) is 5.05 Å². The van der Waals surface area contributed by atoms with Crippen LogP contribution in [-0.4, -0.2) is 11.7 Å². The summed E-state index contributed by atoms with van der Waals surface area (Å²) in [7, 11) is 0. The van der Waals surface area contributed by atoms with Gasteiger partial charge in [-0.15, -0.1) is 0 Å². The maximum absolute atomic E-state index is 5.29. The molecule has 0 N–H and O–H groups in total. The number of thiocarbonyl (C=S) groups is 1. The van der Waals surface area contributed by atoms with Gasteiger partial charge in [0.25, 0.3) is 0 Å². The molecular formula is C20H40NiOS. The first-order valence-electron chi connectivity index (χ1n) is 9.90. The minimum Gasteiger partial charge on any atom is -0.487 e. The van der Waals surface area contributed by atoms with Crippen LogP contribution in [0.3, 0.4) is 0 Å². The number of unbranched alkanes of at least 4 members (excludes halogenated alkanes) is 15. The molecule has 0 fully saturated rings. The van der Waals surface area contributed by atoms with Crippen molar-refractivity contribution in [3.05, 3.63) is 0 Å². The first-order chi connectivity index (χ1) is 10.8. The molecule has 0 bridgehead atoms. The molecule has 0 saturated heterocycles. The Morgan fingerprint density at radius 2 is 0.913 bits per heavy atom. The first kappa shape index (κ1) is 25.6. The molecule has 0 unspecified atom stereocenters. The van der Waals surface area contributed by atoms with Crippen molar-refractivity contribution in [1.82, 2.24) is 0 Å². The predicted molar refractivity (Wildman–Crippen MR) is 104 cm³/mol. The second-order valence-corrected chi connectivity index (χ2v) is 7.22. The predicted octanol–water partition coefficient (Wildman–Crippen LogP) is 7.61. The Labute approximate surface area is 161 Å². The summed E-state index contributed by atoms with van der Waals surface area (Å²) in [5, 5.41) is 0.681. The van der Waals surface area contributed by atoms with E-state index in [0.717, 1.165) is 13.0 Å². The number of hydrogen-bond acceptors (Lipinski definition) is 2. The Hall–Kier alpha value is 0.384. The Morgan fingerprint density at radius 3 is 1.22 bits per heavy atom. The molecule has 0 atom stereocenters. The van der Waals surface area contributed by atoms with E-state index in [4.69, 9.17) is 17.0 Å². The van der Waals surface area contributed by atoms with E-state index in [1.165, 1.54) is 96.3 Å². The van der Waals surface area contributed by atoms with Crippen LogP contribution in [-0.2, 0) is 21.2 Å². The topological polar surface area (TPSA) is 9.23 Å². The van der Waals surface area contributed by atoms with Gasteiger partial charge in [0.1, 0.15) is 0 Å². The van der Waals surface area contributed by atoms with E-state index in [1.807, 2.05) is 6.92 Å². The molecule has 0 aromatic heterocycles. The van der Waals surface area contributed by atoms with Crippen LogP contribution >= 0.6 is 12.2 Å². The Bertz CT molecular complexity index is 234. The summed E-state index contributed by atoms with van der Waals surface area (Å²) in [5.41, 5.74) is 0. The SMILES string of the molecule is CCCCCCCCCCCCCCCCCCOC(C)=S.[Ni]. The van der Waals surface area contributed by atoms with Crippen molar-refractivity contribution in [2.75, 3.05) is 6.61 Å². The largest absolute Gasteiger partial charge is 0.487 e. The zero-order valence-electron chi connectivity index (χ0n) is 15.7. The van der Waals surface area contributed by atoms with Crippen molar-refractivity contribution in [2.24, 2.45) is 0 Å². The fraction of sp³-hybridized carbons (Fsp3) is 0.950. The van der Waals surface area contributed by atoms with Crippen molar-refractivity contribution in [1.29, 1.82) is 0 Å². The van der Waals surface area contributed by atoms with Crippen molar-refractivity contribution >= 4 is 17.3 Å². The van der Waals surface area contributed by atoms with E-state index in [2.05, 4.69) is 6.92 Å². The molecular weight excluding hydrogens is 347 g/mol. The molecule has 0 saturated carbocycles. The number of rotatable bonds is 17. The maximum atomic E-state index is 5.29. The van der Waals surface area contributed by atoms with Crippen molar-refractivity contribution in [3.63, 3.8) is 0 Å². The van der Waals surface area contributed by atoms with Gasteiger partial charge in [0.15, 0.2) is 5.05 Å². The van der Waals surface area contributed by atoms with Gasteiger partial charge in [-0.2, -0.15) is 0 Å². The Morgan fingerprint density at radius 1 is 0.609 bits per heavy atom. The summed E-state index contributed by atoms with van der Waals surface area (Å²) < 4.78 is 5.29. The molecule has 0 aliphatic rings. The van der Waals surface area contributed by atoms with E-state index in [9.17, 15) is 0 Å². The summed E-state index contributed by atoms with van der Waals surface area (Å²) in [4.78, 5) is 0. The van der Waals surface area contributed by atoms with Crippen LogP contribution in [0.1, 0.15) is 117 Å². The minimum absolute atomic E-state index is 0. The smallest absolute Gasteiger partial charge is 0.156 e. The van der Waals surface area contributed by atoms with Crippen molar-refractivity contribution < 1.29 is 21.2 Å². The van der Waals surface area contributed by atoms with Crippen LogP contribution in [0.15, 0.2) is 0 Å². The zero-order valence-corrected chi connectivity index (χ0v) is 17.5. The van der Waals surface area contributed by atoms with Gasteiger partial charge < -0.3 is 4.74 Å². The van der Waals surface area contributed by atoms with Gasteiger partial charge in [-0.1, -0.05) is 103 Å². The molecule has 142 valence electrons. The van der Waals surface area contributed by atoms with Crippen LogP contribution in [0.2, 0.25) is 0 Å². The summed E-state index contributed by atoms with van der Waals surface area (Å²) in [6.07, 6.45) is 22.5. The van der Waals surface area contributed by atoms with Gasteiger partial charge in [-0.3, -0.25) is 0 Å². The molecule has 0 heterocycles.